The van der Waals surface area contributed by atoms with Crippen molar-refractivity contribution < 1.29 is 19.4 Å². The first-order chi connectivity index (χ1) is 8.74. The summed E-state index contributed by atoms with van der Waals surface area (Å²) in [5, 5.41) is 12.1. The molecule has 1 fully saturated rings. The van der Waals surface area contributed by atoms with Gasteiger partial charge in [-0.1, -0.05) is 6.07 Å². The van der Waals surface area contributed by atoms with E-state index in [1.165, 1.54) is 0 Å². The molecule has 1 aliphatic heterocycles. The summed E-state index contributed by atoms with van der Waals surface area (Å²) in [4.78, 5) is 12.2. The molecule has 3 rings (SSSR count). The van der Waals surface area contributed by atoms with Gasteiger partial charge in [-0.2, -0.15) is 0 Å². The fraction of sp³-hybridized carbons (Fsp3) is 0.462. The molecule has 1 aromatic carbocycles. The third-order valence-electron chi connectivity index (χ3n) is 3.35. The fourth-order valence-corrected chi connectivity index (χ4v) is 2.03. The Kier molecular flexibility index (Phi) is 2.63. The Morgan fingerprint density at radius 3 is 2.83 bits per heavy atom. The number of aliphatic hydroxyl groups is 1. The number of hydrogen-bond donors (Lipinski definition) is 2. The van der Waals surface area contributed by atoms with Crippen LogP contribution in [0.5, 0.6) is 11.5 Å². The molecular formula is C13H15NO4. The molecule has 1 aromatic rings. The minimum atomic E-state index is -0.421. The average molecular weight is 249 g/mol. The molecule has 0 atom stereocenters. The van der Waals surface area contributed by atoms with Crippen molar-refractivity contribution in [3.8, 4) is 11.5 Å². The Labute approximate surface area is 105 Å². The first kappa shape index (κ1) is 11.3. The van der Waals surface area contributed by atoms with Crippen LogP contribution in [0.4, 0.5) is 0 Å². The highest BCUT2D eigenvalue weighted by molar-refractivity contribution is 5.98. The highest BCUT2D eigenvalue weighted by Crippen LogP contribution is 2.37. The second-order valence-electron chi connectivity index (χ2n) is 4.72. The molecule has 0 spiro atoms. The van der Waals surface area contributed by atoms with Gasteiger partial charge >= 0.3 is 0 Å². The topological polar surface area (TPSA) is 67.8 Å². The lowest BCUT2D eigenvalue weighted by Gasteiger charge is -2.21. The molecule has 18 heavy (non-hydrogen) atoms. The number of nitrogens with one attached hydrogen (secondary N) is 1. The summed E-state index contributed by atoms with van der Waals surface area (Å²) < 4.78 is 10.9. The Hall–Kier alpha value is -1.75. The predicted octanol–water partition coefficient (Wildman–Crippen LogP) is 0.712. The first-order valence-corrected chi connectivity index (χ1v) is 6.06. The summed E-state index contributed by atoms with van der Waals surface area (Å²) >= 11 is 0. The summed E-state index contributed by atoms with van der Waals surface area (Å²) in [6, 6.07) is 5.25. The van der Waals surface area contributed by atoms with E-state index in [9.17, 15) is 9.90 Å². The number of hydrogen-bond acceptors (Lipinski definition) is 4. The number of amides is 1. The van der Waals surface area contributed by atoms with E-state index in [0.29, 0.717) is 30.3 Å². The van der Waals surface area contributed by atoms with Gasteiger partial charge in [0.2, 0.25) is 0 Å². The maximum atomic E-state index is 12.2. The molecular weight excluding hydrogens is 234 g/mol. The van der Waals surface area contributed by atoms with Gasteiger partial charge < -0.3 is 19.9 Å². The average Bonchev–Trinajstić information content (AvgIpc) is 3.18. The molecule has 0 radical (unpaired) electrons. The second-order valence-corrected chi connectivity index (χ2v) is 4.72. The number of benzene rings is 1. The lowest BCUT2D eigenvalue weighted by molar-refractivity contribution is 0.0896. The molecule has 2 N–H and O–H groups in total. The predicted molar refractivity (Wildman–Crippen MR) is 63.9 cm³/mol. The first-order valence-electron chi connectivity index (χ1n) is 6.06. The van der Waals surface area contributed by atoms with Crippen molar-refractivity contribution in [2.24, 2.45) is 0 Å². The van der Waals surface area contributed by atoms with E-state index >= 15 is 0 Å². The van der Waals surface area contributed by atoms with Gasteiger partial charge in [-0.3, -0.25) is 4.79 Å². The van der Waals surface area contributed by atoms with Gasteiger partial charge in [0, 0.05) is 0 Å². The van der Waals surface area contributed by atoms with E-state index < -0.39 is 5.54 Å². The summed E-state index contributed by atoms with van der Waals surface area (Å²) in [5.74, 6) is 0.877. The summed E-state index contributed by atoms with van der Waals surface area (Å²) in [5.41, 5.74) is 0.0434. The van der Waals surface area contributed by atoms with Crippen molar-refractivity contribution in [3.63, 3.8) is 0 Å². The highest BCUT2D eigenvalue weighted by Gasteiger charge is 2.44. The van der Waals surface area contributed by atoms with Crippen LogP contribution in [0.3, 0.4) is 0 Å². The zero-order valence-electron chi connectivity index (χ0n) is 9.94. The fourth-order valence-electron chi connectivity index (χ4n) is 2.03. The van der Waals surface area contributed by atoms with Gasteiger partial charge in [0.15, 0.2) is 11.5 Å². The molecule has 1 aliphatic carbocycles. The van der Waals surface area contributed by atoms with Gasteiger partial charge in [0.05, 0.1) is 17.7 Å². The van der Waals surface area contributed by atoms with Crippen LogP contribution in [-0.4, -0.2) is 36.4 Å². The van der Waals surface area contributed by atoms with Gasteiger partial charge in [-0.05, 0) is 25.0 Å². The molecule has 1 heterocycles. The number of rotatable bonds is 3. The van der Waals surface area contributed by atoms with Gasteiger partial charge in [-0.15, -0.1) is 0 Å². The van der Waals surface area contributed by atoms with Gasteiger partial charge in [0.1, 0.15) is 13.2 Å². The van der Waals surface area contributed by atoms with Crippen LogP contribution in [0.1, 0.15) is 23.2 Å². The number of carbonyl (C=O) groups excluding carboxylic acids is 1. The van der Waals surface area contributed by atoms with E-state index in [2.05, 4.69) is 5.32 Å². The Balaban J connectivity index is 1.85. The van der Waals surface area contributed by atoms with Crippen LogP contribution in [0.25, 0.3) is 0 Å². The minimum Gasteiger partial charge on any atom is -0.486 e. The van der Waals surface area contributed by atoms with E-state index in [1.54, 1.807) is 18.2 Å². The molecule has 5 nitrogen and oxygen atoms in total. The summed E-state index contributed by atoms with van der Waals surface area (Å²) in [6.07, 6.45) is 1.64. The Bertz CT molecular complexity index is 482. The van der Waals surface area contributed by atoms with Crippen molar-refractivity contribution in [1.82, 2.24) is 5.32 Å². The van der Waals surface area contributed by atoms with E-state index in [0.717, 1.165) is 12.8 Å². The van der Waals surface area contributed by atoms with Crippen LogP contribution in [0.15, 0.2) is 18.2 Å². The van der Waals surface area contributed by atoms with Crippen LogP contribution >= 0.6 is 0 Å². The SMILES string of the molecule is O=C(NC1(CO)CC1)c1cccc2c1OCCO2. The van der Waals surface area contributed by atoms with Crippen molar-refractivity contribution in [1.29, 1.82) is 0 Å². The molecule has 5 heteroatoms. The number of carbonyl (C=O) groups is 1. The van der Waals surface area contributed by atoms with Crippen molar-refractivity contribution in [3.05, 3.63) is 23.8 Å². The molecule has 0 saturated heterocycles. The lowest BCUT2D eigenvalue weighted by Crippen LogP contribution is -2.39. The lowest BCUT2D eigenvalue weighted by atomic mass is 10.1. The molecule has 96 valence electrons. The monoisotopic (exact) mass is 249 g/mol. The van der Waals surface area contributed by atoms with Crippen molar-refractivity contribution in [2.75, 3.05) is 19.8 Å². The Morgan fingerprint density at radius 1 is 1.33 bits per heavy atom. The van der Waals surface area contributed by atoms with E-state index in [1.807, 2.05) is 0 Å². The summed E-state index contributed by atoms with van der Waals surface area (Å²) in [7, 11) is 0. The molecule has 0 unspecified atom stereocenters. The van der Waals surface area contributed by atoms with Crippen LogP contribution < -0.4 is 14.8 Å². The molecule has 0 bridgehead atoms. The van der Waals surface area contributed by atoms with Crippen LogP contribution in [-0.2, 0) is 0 Å². The largest absolute Gasteiger partial charge is 0.486 e. The van der Waals surface area contributed by atoms with Crippen molar-refractivity contribution >= 4 is 5.91 Å². The van der Waals surface area contributed by atoms with Crippen LogP contribution in [0, 0.1) is 0 Å². The third-order valence-corrected chi connectivity index (χ3v) is 3.35. The highest BCUT2D eigenvalue weighted by atomic mass is 16.6. The molecule has 1 saturated carbocycles. The second kappa shape index (κ2) is 4.17. The maximum Gasteiger partial charge on any atom is 0.255 e. The molecule has 0 aromatic heterocycles. The van der Waals surface area contributed by atoms with Gasteiger partial charge in [0.25, 0.3) is 5.91 Å². The summed E-state index contributed by atoms with van der Waals surface area (Å²) in [6.45, 7) is 0.923. The van der Waals surface area contributed by atoms with Gasteiger partial charge in [-0.25, -0.2) is 0 Å². The normalized spacial score (nSPS) is 19.2. The minimum absolute atomic E-state index is 0.0227. The molecule has 1 amide bonds. The third kappa shape index (κ3) is 1.90. The number of para-hydroxylation sites is 1. The Morgan fingerprint density at radius 2 is 2.11 bits per heavy atom. The van der Waals surface area contributed by atoms with E-state index in [4.69, 9.17) is 9.47 Å². The number of aliphatic hydroxyl groups excluding tert-OH is 1. The van der Waals surface area contributed by atoms with Crippen LogP contribution in [0.2, 0.25) is 0 Å². The van der Waals surface area contributed by atoms with Crippen molar-refractivity contribution in [2.45, 2.75) is 18.4 Å². The maximum absolute atomic E-state index is 12.2. The quantitative estimate of drug-likeness (QED) is 0.828. The number of fused-ring (bicyclic) bond motifs is 1. The number of ether oxygens (including phenoxy) is 2. The molecule has 2 aliphatic rings. The van der Waals surface area contributed by atoms with E-state index in [-0.39, 0.29) is 12.5 Å². The zero-order valence-corrected chi connectivity index (χ0v) is 9.94. The zero-order chi connectivity index (χ0) is 12.6. The standard InChI is InChI=1S/C13H15NO4/c15-8-13(4-5-13)14-12(16)9-2-1-3-10-11(9)18-7-6-17-10/h1-3,15H,4-8H2,(H,14,16). The smallest absolute Gasteiger partial charge is 0.255 e.